The first-order valence-corrected chi connectivity index (χ1v) is 11.0. The van der Waals surface area contributed by atoms with Crippen molar-refractivity contribution in [3.05, 3.63) is 71.4 Å². The molecule has 0 aromatic heterocycles. The van der Waals surface area contributed by atoms with Crippen LogP contribution in [0.3, 0.4) is 0 Å². The van der Waals surface area contributed by atoms with E-state index < -0.39 is 22.4 Å². The van der Waals surface area contributed by atoms with E-state index in [1.165, 1.54) is 30.3 Å². The van der Waals surface area contributed by atoms with Crippen LogP contribution in [0.5, 0.6) is 0 Å². The summed E-state index contributed by atoms with van der Waals surface area (Å²) in [6.07, 6.45) is 2.56. The van der Waals surface area contributed by atoms with E-state index in [1.54, 1.807) is 0 Å². The lowest BCUT2D eigenvalue weighted by molar-refractivity contribution is -0.117. The van der Waals surface area contributed by atoms with Crippen molar-refractivity contribution in [1.29, 1.82) is 0 Å². The Bertz CT molecular complexity index is 1120. The molecule has 0 radical (unpaired) electrons. The number of para-hydroxylation sites is 1. The fourth-order valence-corrected chi connectivity index (χ4v) is 4.19. The molecule has 0 bridgehead atoms. The van der Waals surface area contributed by atoms with E-state index in [0.717, 1.165) is 23.2 Å². The number of anilines is 1. The lowest BCUT2D eigenvalue weighted by Crippen LogP contribution is -2.25. The van der Waals surface area contributed by atoms with Gasteiger partial charge in [-0.15, -0.1) is 0 Å². The van der Waals surface area contributed by atoms with Crippen molar-refractivity contribution >= 4 is 27.3 Å². The van der Waals surface area contributed by atoms with Gasteiger partial charge in [-0.05, 0) is 29.8 Å². The fourth-order valence-electron chi connectivity index (χ4n) is 3.53. The van der Waals surface area contributed by atoms with Crippen molar-refractivity contribution in [2.24, 2.45) is 0 Å². The number of sulfone groups is 1. The third kappa shape index (κ3) is 4.10. The molecule has 2 aromatic carbocycles. The normalized spacial score (nSPS) is 16.6. The van der Waals surface area contributed by atoms with Gasteiger partial charge in [0, 0.05) is 36.2 Å². The maximum atomic E-state index is 12.5. The third-order valence-electron chi connectivity index (χ3n) is 5.08. The SMILES string of the molecule is CN1/C(=C/C(=O)COC(=O)c2cccc(S(C)(=O)=O)c2)C(C)(C)c2ccccc21. The van der Waals surface area contributed by atoms with E-state index in [1.807, 2.05) is 50.1 Å². The van der Waals surface area contributed by atoms with Crippen LogP contribution >= 0.6 is 0 Å². The van der Waals surface area contributed by atoms with Gasteiger partial charge in [0.2, 0.25) is 0 Å². The summed E-state index contributed by atoms with van der Waals surface area (Å²) in [5.41, 5.74) is 2.70. The van der Waals surface area contributed by atoms with E-state index in [2.05, 4.69) is 0 Å². The second-order valence-corrected chi connectivity index (χ2v) is 9.59. The zero-order chi connectivity index (χ0) is 21.4. The third-order valence-corrected chi connectivity index (χ3v) is 6.19. The summed E-state index contributed by atoms with van der Waals surface area (Å²) in [7, 11) is -1.54. The van der Waals surface area contributed by atoms with Gasteiger partial charge in [-0.25, -0.2) is 13.2 Å². The van der Waals surface area contributed by atoms with Crippen LogP contribution in [0.25, 0.3) is 0 Å². The lowest BCUT2D eigenvalue weighted by Gasteiger charge is -2.23. The molecular formula is C22H23NO5S. The Morgan fingerprint density at radius 2 is 1.79 bits per heavy atom. The number of carbonyl (C=O) groups is 2. The van der Waals surface area contributed by atoms with Crippen LogP contribution < -0.4 is 4.90 Å². The van der Waals surface area contributed by atoms with Gasteiger partial charge < -0.3 is 9.64 Å². The molecular weight excluding hydrogens is 390 g/mol. The number of hydrogen-bond donors (Lipinski definition) is 0. The van der Waals surface area contributed by atoms with E-state index in [-0.39, 0.29) is 21.7 Å². The van der Waals surface area contributed by atoms with Crippen LogP contribution in [-0.4, -0.2) is 40.1 Å². The van der Waals surface area contributed by atoms with Gasteiger partial charge in [0.15, 0.2) is 22.2 Å². The number of hydrogen-bond acceptors (Lipinski definition) is 6. The first-order chi connectivity index (χ1) is 13.5. The van der Waals surface area contributed by atoms with Gasteiger partial charge in [0.05, 0.1) is 10.5 Å². The molecule has 3 rings (SSSR count). The van der Waals surface area contributed by atoms with Crippen LogP contribution in [0.2, 0.25) is 0 Å². The smallest absolute Gasteiger partial charge is 0.338 e. The predicted molar refractivity (Wildman–Crippen MR) is 111 cm³/mol. The van der Waals surface area contributed by atoms with Crippen molar-refractivity contribution in [3.63, 3.8) is 0 Å². The van der Waals surface area contributed by atoms with Gasteiger partial charge in [0.25, 0.3) is 0 Å². The van der Waals surface area contributed by atoms with E-state index in [0.29, 0.717) is 0 Å². The maximum Gasteiger partial charge on any atom is 0.338 e. The molecule has 0 amide bonds. The average molecular weight is 413 g/mol. The summed E-state index contributed by atoms with van der Waals surface area (Å²) >= 11 is 0. The summed E-state index contributed by atoms with van der Waals surface area (Å²) < 4.78 is 28.4. The molecule has 6 nitrogen and oxygen atoms in total. The number of ketones is 1. The highest BCUT2D eigenvalue weighted by Crippen LogP contribution is 2.46. The zero-order valence-corrected chi connectivity index (χ0v) is 17.6. The molecule has 2 aromatic rings. The Morgan fingerprint density at radius 3 is 2.45 bits per heavy atom. The minimum atomic E-state index is -3.44. The second kappa shape index (κ2) is 7.48. The van der Waals surface area contributed by atoms with Crippen LogP contribution in [0.15, 0.2) is 65.2 Å². The number of allylic oxidation sites excluding steroid dienone is 1. The monoisotopic (exact) mass is 413 g/mol. The van der Waals surface area contributed by atoms with E-state index in [4.69, 9.17) is 4.74 Å². The first kappa shape index (κ1) is 20.8. The molecule has 7 heteroatoms. The molecule has 152 valence electrons. The van der Waals surface area contributed by atoms with Gasteiger partial charge in [-0.3, -0.25) is 4.79 Å². The zero-order valence-electron chi connectivity index (χ0n) is 16.8. The maximum absolute atomic E-state index is 12.5. The molecule has 0 fully saturated rings. The molecule has 0 aliphatic carbocycles. The Hall–Kier alpha value is -2.93. The van der Waals surface area contributed by atoms with Crippen LogP contribution in [0.1, 0.15) is 29.8 Å². The second-order valence-electron chi connectivity index (χ2n) is 7.57. The largest absolute Gasteiger partial charge is 0.454 e. The topological polar surface area (TPSA) is 80.8 Å². The minimum absolute atomic E-state index is 0.0208. The highest BCUT2D eigenvalue weighted by atomic mass is 32.2. The molecule has 1 aliphatic rings. The molecule has 1 heterocycles. The summed E-state index contributed by atoms with van der Waals surface area (Å²) in [6, 6.07) is 13.5. The van der Waals surface area contributed by atoms with E-state index in [9.17, 15) is 18.0 Å². The van der Waals surface area contributed by atoms with Crippen molar-refractivity contribution in [2.45, 2.75) is 24.2 Å². The Balaban J connectivity index is 1.73. The van der Waals surface area contributed by atoms with Crippen molar-refractivity contribution in [1.82, 2.24) is 0 Å². The predicted octanol–water partition coefficient (Wildman–Crippen LogP) is 3.13. The van der Waals surface area contributed by atoms with Gasteiger partial charge in [-0.1, -0.05) is 38.1 Å². The van der Waals surface area contributed by atoms with Gasteiger partial charge >= 0.3 is 5.97 Å². The summed E-state index contributed by atoms with van der Waals surface area (Å²) in [5.74, 6) is -1.09. The average Bonchev–Trinajstić information content (AvgIpc) is 2.86. The fraction of sp³-hybridized carbons (Fsp3) is 0.273. The van der Waals surface area contributed by atoms with Crippen LogP contribution in [0, 0.1) is 0 Å². The van der Waals surface area contributed by atoms with E-state index >= 15 is 0 Å². The molecule has 29 heavy (non-hydrogen) atoms. The Labute approximate surface area is 170 Å². The number of esters is 1. The highest BCUT2D eigenvalue weighted by Gasteiger charge is 2.38. The molecule has 0 unspecified atom stereocenters. The Morgan fingerprint density at radius 1 is 1.10 bits per heavy atom. The van der Waals surface area contributed by atoms with Crippen molar-refractivity contribution in [3.8, 4) is 0 Å². The quantitative estimate of drug-likeness (QED) is 0.553. The molecule has 0 saturated carbocycles. The van der Waals surface area contributed by atoms with Crippen LogP contribution in [-0.2, 0) is 24.8 Å². The van der Waals surface area contributed by atoms with Crippen molar-refractivity contribution < 1.29 is 22.7 Å². The molecule has 0 spiro atoms. The number of nitrogens with zero attached hydrogens (tertiary/aromatic N) is 1. The Kier molecular flexibility index (Phi) is 5.36. The van der Waals surface area contributed by atoms with Gasteiger partial charge in [-0.2, -0.15) is 0 Å². The summed E-state index contributed by atoms with van der Waals surface area (Å²) in [4.78, 5) is 26.7. The molecule has 0 N–H and O–H groups in total. The number of fused-ring (bicyclic) bond motifs is 1. The highest BCUT2D eigenvalue weighted by molar-refractivity contribution is 7.90. The molecule has 0 saturated heterocycles. The number of carbonyl (C=O) groups excluding carboxylic acids is 2. The number of ether oxygens (including phenoxy) is 1. The minimum Gasteiger partial charge on any atom is -0.454 e. The molecule has 0 atom stereocenters. The molecule has 1 aliphatic heterocycles. The van der Waals surface area contributed by atoms with Crippen molar-refractivity contribution in [2.75, 3.05) is 24.8 Å². The first-order valence-electron chi connectivity index (χ1n) is 9.07. The van der Waals surface area contributed by atoms with Crippen LogP contribution in [0.4, 0.5) is 5.69 Å². The lowest BCUT2D eigenvalue weighted by atomic mass is 9.83. The van der Waals surface area contributed by atoms with Gasteiger partial charge in [0.1, 0.15) is 0 Å². The number of likely N-dealkylation sites (N-methyl/N-ethyl adjacent to an activating group) is 1. The number of benzene rings is 2. The standard InChI is InChI=1S/C22H23NO5S/c1-22(2)18-10-5-6-11-19(18)23(3)20(22)13-16(24)14-28-21(25)15-8-7-9-17(12-15)29(4,26)27/h5-13H,14H2,1-4H3/b20-13+. The summed E-state index contributed by atoms with van der Waals surface area (Å²) in [6.45, 7) is 3.65. The number of rotatable bonds is 5. The summed E-state index contributed by atoms with van der Waals surface area (Å²) in [5, 5.41) is 0.